The number of benzene rings is 1. The molecule has 2 rings (SSSR count). The van der Waals surface area contributed by atoms with Crippen LogP contribution in [-0.4, -0.2) is 5.16 Å². The maximum atomic E-state index is 5.53. The van der Waals surface area contributed by atoms with E-state index in [0.29, 0.717) is 5.82 Å². The Kier molecular flexibility index (Phi) is 2.69. The second-order valence-electron chi connectivity index (χ2n) is 4.27. The van der Waals surface area contributed by atoms with Gasteiger partial charge in [-0.3, -0.25) is 0 Å². The van der Waals surface area contributed by atoms with E-state index in [2.05, 4.69) is 38.1 Å². The number of hydrogen-bond donors (Lipinski definition) is 1. The van der Waals surface area contributed by atoms with E-state index in [1.807, 2.05) is 0 Å². The molecule has 0 saturated heterocycles. The third-order valence-electron chi connectivity index (χ3n) is 2.77. The second-order valence-corrected chi connectivity index (χ2v) is 4.27. The zero-order chi connectivity index (χ0) is 11.7. The molecule has 1 heterocycles. The molecule has 0 bridgehead atoms. The highest BCUT2D eigenvalue weighted by atomic mass is 16.5. The van der Waals surface area contributed by atoms with Crippen LogP contribution in [0.4, 0.5) is 5.82 Å². The van der Waals surface area contributed by atoms with Crippen molar-refractivity contribution in [3.8, 4) is 0 Å². The Morgan fingerprint density at radius 2 is 1.75 bits per heavy atom. The van der Waals surface area contributed by atoms with Crippen molar-refractivity contribution < 1.29 is 4.52 Å². The zero-order valence-electron chi connectivity index (χ0n) is 9.87. The molecule has 0 aliphatic carbocycles. The molecule has 2 N–H and O–H groups in total. The largest absolute Gasteiger partial charge is 0.381 e. The van der Waals surface area contributed by atoms with Crippen LogP contribution in [0.1, 0.15) is 28.0 Å². The van der Waals surface area contributed by atoms with Crippen LogP contribution in [0.5, 0.6) is 0 Å². The average molecular weight is 216 g/mol. The van der Waals surface area contributed by atoms with Crippen LogP contribution in [0, 0.1) is 20.8 Å². The van der Waals surface area contributed by atoms with Gasteiger partial charge < -0.3 is 10.3 Å². The van der Waals surface area contributed by atoms with E-state index >= 15 is 0 Å². The highest BCUT2D eigenvalue weighted by Crippen LogP contribution is 2.20. The summed E-state index contributed by atoms with van der Waals surface area (Å²) in [4.78, 5) is 0. The molecule has 0 radical (unpaired) electrons. The van der Waals surface area contributed by atoms with Crippen LogP contribution in [-0.2, 0) is 6.42 Å². The number of hydrogen-bond acceptors (Lipinski definition) is 3. The summed E-state index contributed by atoms with van der Waals surface area (Å²) in [6, 6.07) is 6.14. The van der Waals surface area contributed by atoms with Crippen LogP contribution in [0.25, 0.3) is 0 Å². The Morgan fingerprint density at radius 1 is 1.12 bits per heavy atom. The van der Waals surface area contributed by atoms with Crippen LogP contribution in [0.2, 0.25) is 0 Å². The van der Waals surface area contributed by atoms with E-state index in [1.54, 1.807) is 6.07 Å². The number of nitrogens with zero attached hydrogens (tertiary/aromatic N) is 1. The molecule has 3 nitrogen and oxygen atoms in total. The number of nitrogens with two attached hydrogens (primary N) is 1. The number of anilines is 1. The molecular formula is C13H16N2O. The minimum absolute atomic E-state index is 0.442. The molecule has 0 aliphatic heterocycles. The Bertz CT molecular complexity index is 491. The van der Waals surface area contributed by atoms with Crippen LogP contribution >= 0.6 is 0 Å². The predicted molar refractivity (Wildman–Crippen MR) is 64.4 cm³/mol. The van der Waals surface area contributed by atoms with Gasteiger partial charge in [0.05, 0.1) is 0 Å². The molecule has 0 saturated carbocycles. The molecule has 3 heteroatoms. The van der Waals surface area contributed by atoms with Crippen LogP contribution in [0.15, 0.2) is 22.7 Å². The van der Waals surface area contributed by atoms with Crippen molar-refractivity contribution in [2.24, 2.45) is 0 Å². The van der Waals surface area contributed by atoms with Crippen LogP contribution in [0.3, 0.4) is 0 Å². The third-order valence-corrected chi connectivity index (χ3v) is 2.77. The van der Waals surface area contributed by atoms with Gasteiger partial charge in [0.25, 0.3) is 0 Å². The molecule has 84 valence electrons. The minimum Gasteiger partial charge on any atom is -0.381 e. The van der Waals surface area contributed by atoms with Gasteiger partial charge in [-0.1, -0.05) is 22.9 Å². The van der Waals surface area contributed by atoms with E-state index in [9.17, 15) is 0 Å². The quantitative estimate of drug-likeness (QED) is 0.839. The third kappa shape index (κ3) is 2.08. The number of aromatic nitrogens is 1. The molecule has 1 aromatic carbocycles. The summed E-state index contributed by atoms with van der Waals surface area (Å²) in [5, 5.41) is 3.69. The molecule has 0 amide bonds. The van der Waals surface area contributed by atoms with Crippen molar-refractivity contribution in [2.75, 3.05) is 5.73 Å². The SMILES string of the molecule is Cc1cc(C)c(Cc2cc(N)no2)c(C)c1. The number of nitrogen functional groups attached to an aromatic ring is 1. The van der Waals surface area contributed by atoms with Gasteiger partial charge in [-0.15, -0.1) is 0 Å². The molecule has 2 aromatic rings. The summed E-state index contributed by atoms with van der Waals surface area (Å²) < 4.78 is 5.13. The number of rotatable bonds is 2. The summed E-state index contributed by atoms with van der Waals surface area (Å²) in [5.74, 6) is 1.25. The molecule has 1 aromatic heterocycles. The van der Waals surface area contributed by atoms with Crippen molar-refractivity contribution in [3.63, 3.8) is 0 Å². The monoisotopic (exact) mass is 216 g/mol. The van der Waals surface area contributed by atoms with Gasteiger partial charge in [-0.25, -0.2) is 0 Å². The summed E-state index contributed by atoms with van der Waals surface area (Å²) in [6.07, 6.45) is 0.752. The first-order valence-corrected chi connectivity index (χ1v) is 5.34. The first kappa shape index (κ1) is 10.7. The zero-order valence-corrected chi connectivity index (χ0v) is 9.87. The molecular weight excluding hydrogens is 200 g/mol. The Hall–Kier alpha value is -1.77. The Labute approximate surface area is 95.3 Å². The molecule has 0 unspecified atom stereocenters. The summed E-state index contributed by atoms with van der Waals surface area (Å²) in [6.45, 7) is 6.35. The average Bonchev–Trinajstić information content (AvgIpc) is 2.58. The first-order valence-electron chi connectivity index (χ1n) is 5.34. The van der Waals surface area contributed by atoms with Crippen LogP contribution < -0.4 is 5.73 Å². The normalized spacial score (nSPS) is 10.7. The molecule has 16 heavy (non-hydrogen) atoms. The van der Waals surface area contributed by atoms with Crippen molar-refractivity contribution in [1.82, 2.24) is 5.16 Å². The fourth-order valence-corrected chi connectivity index (χ4v) is 2.08. The molecule has 0 spiro atoms. The van der Waals surface area contributed by atoms with E-state index in [1.165, 1.54) is 22.3 Å². The van der Waals surface area contributed by atoms with Gasteiger partial charge in [0.1, 0.15) is 5.76 Å². The molecule has 0 aliphatic rings. The van der Waals surface area contributed by atoms with E-state index in [-0.39, 0.29) is 0 Å². The van der Waals surface area contributed by atoms with Crippen molar-refractivity contribution >= 4 is 5.82 Å². The van der Waals surface area contributed by atoms with Gasteiger partial charge in [0.15, 0.2) is 5.82 Å². The Morgan fingerprint density at radius 3 is 2.25 bits per heavy atom. The lowest BCUT2D eigenvalue weighted by Gasteiger charge is -2.09. The Balaban J connectivity index is 2.34. The topological polar surface area (TPSA) is 52.0 Å². The lowest BCUT2D eigenvalue weighted by molar-refractivity contribution is 0.392. The van der Waals surface area contributed by atoms with Gasteiger partial charge >= 0.3 is 0 Å². The van der Waals surface area contributed by atoms with Gasteiger partial charge in [-0.2, -0.15) is 0 Å². The highest BCUT2D eigenvalue weighted by Gasteiger charge is 2.08. The number of aryl methyl sites for hydroxylation is 3. The lowest BCUT2D eigenvalue weighted by Crippen LogP contribution is -1.95. The highest BCUT2D eigenvalue weighted by molar-refractivity contribution is 5.40. The van der Waals surface area contributed by atoms with E-state index in [4.69, 9.17) is 10.3 Å². The summed E-state index contributed by atoms with van der Waals surface area (Å²) in [5.41, 5.74) is 10.7. The molecule has 0 fully saturated rings. The maximum Gasteiger partial charge on any atom is 0.167 e. The van der Waals surface area contributed by atoms with Gasteiger partial charge in [-0.05, 0) is 37.5 Å². The minimum atomic E-state index is 0.442. The van der Waals surface area contributed by atoms with Crippen molar-refractivity contribution in [2.45, 2.75) is 27.2 Å². The van der Waals surface area contributed by atoms with Crippen molar-refractivity contribution in [1.29, 1.82) is 0 Å². The van der Waals surface area contributed by atoms with E-state index in [0.717, 1.165) is 12.2 Å². The smallest absolute Gasteiger partial charge is 0.167 e. The van der Waals surface area contributed by atoms with Crippen molar-refractivity contribution in [3.05, 3.63) is 46.2 Å². The van der Waals surface area contributed by atoms with Gasteiger partial charge in [0, 0.05) is 12.5 Å². The maximum absolute atomic E-state index is 5.53. The van der Waals surface area contributed by atoms with E-state index < -0.39 is 0 Å². The predicted octanol–water partition coefficient (Wildman–Crippen LogP) is 2.77. The lowest BCUT2D eigenvalue weighted by atomic mass is 9.96. The fourth-order valence-electron chi connectivity index (χ4n) is 2.08. The fraction of sp³-hybridized carbons (Fsp3) is 0.308. The standard InChI is InChI=1S/C13H16N2O/c1-8-4-9(2)12(10(3)5-8)6-11-7-13(14)15-16-11/h4-5,7H,6H2,1-3H3,(H2,14,15). The van der Waals surface area contributed by atoms with Gasteiger partial charge in [0.2, 0.25) is 0 Å². The first-order chi connectivity index (χ1) is 7.56. The second kappa shape index (κ2) is 4.00. The summed E-state index contributed by atoms with van der Waals surface area (Å²) >= 11 is 0. The molecule has 0 atom stereocenters. The summed E-state index contributed by atoms with van der Waals surface area (Å²) in [7, 11) is 0.